The lowest BCUT2D eigenvalue weighted by atomic mass is 10.1. The third kappa shape index (κ3) is 3.35. The molecule has 1 heterocycles. The normalized spacial score (nSPS) is 17.7. The minimum absolute atomic E-state index is 0. The van der Waals surface area contributed by atoms with E-state index < -0.39 is 6.09 Å². The molecule has 17 heavy (non-hydrogen) atoms. The standard InChI is InChI=1S/C11H12N2O3.ClH/c1-7(14)12-9-4-2-8(3-5-9)10-6-16-11(15)13-10;/h2-5,10H,6H2,1H3,(H,12,14)(H,13,15);1H/t10-;/m0./s1. The predicted octanol–water partition coefficient (Wildman–Crippen LogP) is 1.85. The fourth-order valence-electron chi connectivity index (χ4n) is 1.57. The maximum absolute atomic E-state index is 10.8. The summed E-state index contributed by atoms with van der Waals surface area (Å²) >= 11 is 0. The van der Waals surface area contributed by atoms with Crippen molar-refractivity contribution >= 4 is 30.1 Å². The molecule has 0 unspecified atom stereocenters. The van der Waals surface area contributed by atoms with Crippen molar-refractivity contribution in [2.24, 2.45) is 0 Å². The highest BCUT2D eigenvalue weighted by atomic mass is 35.5. The summed E-state index contributed by atoms with van der Waals surface area (Å²) in [6.07, 6.45) is -0.393. The van der Waals surface area contributed by atoms with Crippen LogP contribution in [0.5, 0.6) is 0 Å². The van der Waals surface area contributed by atoms with Crippen molar-refractivity contribution in [1.29, 1.82) is 0 Å². The zero-order chi connectivity index (χ0) is 11.5. The lowest BCUT2D eigenvalue weighted by molar-refractivity contribution is -0.114. The maximum atomic E-state index is 10.8. The summed E-state index contributed by atoms with van der Waals surface area (Å²) in [5, 5.41) is 5.36. The molecule has 0 radical (unpaired) electrons. The van der Waals surface area contributed by atoms with Crippen molar-refractivity contribution in [1.82, 2.24) is 5.32 Å². The lowest BCUT2D eigenvalue weighted by Gasteiger charge is -2.08. The van der Waals surface area contributed by atoms with Gasteiger partial charge in [0.1, 0.15) is 6.61 Å². The number of hydrogen-bond donors (Lipinski definition) is 2. The number of amides is 2. The summed E-state index contributed by atoms with van der Waals surface area (Å²) in [5.41, 5.74) is 1.70. The van der Waals surface area contributed by atoms with E-state index in [4.69, 9.17) is 4.74 Å². The number of anilines is 1. The molecule has 2 amide bonds. The molecule has 5 nitrogen and oxygen atoms in total. The molecule has 1 saturated heterocycles. The monoisotopic (exact) mass is 256 g/mol. The van der Waals surface area contributed by atoms with E-state index in [0.717, 1.165) is 11.3 Å². The van der Waals surface area contributed by atoms with Crippen LogP contribution >= 0.6 is 12.4 Å². The van der Waals surface area contributed by atoms with Gasteiger partial charge in [-0.1, -0.05) is 12.1 Å². The second-order valence-corrected chi connectivity index (χ2v) is 3.60. The molecule has 2 N–H and O–H groups in total. The minimum atomic E-state index is -0.393. The van der Waals surface area contributed by atoms with Crippen molar-refractivity contribution < 1.29 is 14.3 Å². The molecule has 2 rings (SSSR count). The Labute approximate surface area is 105 Å². The van der Waals surface area contributed by atoms with Crippen molar-refractivity contribution in [2.45, 2.75) is 13.0 Å². The SMILES string of the molecule is CC(=O)Nc1ccc([C@@H]2COC(=O)N2)cc1.Cl. The Kier molecular flexibility index (Phi) is 4.34. The molecule has 1 atom stereocenters. The van der Waals surface area contributed by atoms with E-state index in [2.05, 4.69) is 10.6 Å². The first kappa shape index (κ1) is 13.3. The van der Waals surface area contributed by atoms with Crippen LogP contribution in [0.1, 0.15) is 18.5 Å². The highest BCUT2D eigenvalue weighted by molar-refractivity contribution is 5.88. The van der Waals surface area contributed by atoms with Crippen LogP contribution in [0.15, 0.2) is 24.3 Å². The second kappa shape index (κ2) is 5.54. The van der Waals surface area contributed by atoms with Crippen LogP contribution in [0.25, 0.3) is 0 Å². The molecule has 0 bridgehead atoms. The molecule has 1 aromatic carbocycles. The van der Waals surface area contributed by atoms with Gasteiger partial charge in [0.05, 0.1) is 6.04 Å². The maximum Gasteiger partial charge on any atom is 0.407 e. The van der Waals surface area contributed by atoms with Crippen molar-refractivity contribution in [2.75, 3.05) is 11.9 Å². The van der Waals surface area contributed by atoms with E-state index in [1.165, 1.54) is 6.92 Å². The Morgan fingerprint density at radius 2 is 2.06 bits per heavy atom. The zero-order valence-electron chi connectivity index (χ0n) is 9.23. The van der Waals surface area contributed by atoms with Gasteiger partial charge in [0.2, 0.25) is 5.91 Å². The first-order valence-corrected chi connectivity index (χ1v) is 4.96. The third-order valence-corrected chi connectivity index (χ3v) is 2.31. The van der Waals surface area contributed by atoms with E-state index in [1.807, 2.05) is 12.1 Å². The van der Waals surface area contributed by atoms with E-state index in [0.29, 0.717) is 6.61 Å². The number of nitrogens with one attached hydrogen (secondary N) is 2. The number of hydrogen-bond acceptors (Lipinski definition) is 3. The number of rotatable bonds is 2. The van der Waals surface area contributed by atoms with E-state index >= 15 is 0 Å². The quantitative estimate of drug-likeness (QED) is 0.849. The Morgan fingerprint density at radius 1 is 1.41 bits per heavy atom. The first-order valence-electron chi connectivity index (χ1n) is 4.96. The Morgan fingerprint density at radius 3 is 2.53 bits per heavy atom. The first-order chi connectivity index (χ1) is 7.65. The van der Waals surface area contributed by atoms with Gasteiger partial charge in [-0.25, -0.2) is 4.79 Å². The molecular weight excluding hydrogens is 244 g/mol. The van der Waals surface area contributed by atoms with E-state index in [-0.39, 0.29) is 24.4 Å². The van der Waals surface area contributed by atoms with Crippen molar-refractivity contribution in [3.63, 3.8) is 0 Å². The molecule has 0 saturated carbocycles. The number of alkyl carbamates (subject to hydrolysis) is 1. The van der Waals surface area contributed by atoms with Gasteiger partial charge in [0.25, 0.3) is 0 Å². The number of carbonyl (C=O) groups is 2. The number of carbonyl (C=O) groups excluding carboxylic acids is 2. The number of benzene rings is 1. The smallest absolute Gasteiger partial charge is 0.407 e. The van der Waals surface area contributed by atoms with Crippen molar-refractivity contribution in [3.05, 3.63) is 29.8 Å². The average molecular weight is 257 g/mol. The molecule has 0 aromatic heterocycles. The molecule has 1 aromatic rings. The van der Waals surface area contributed by atoms with Crippen LogP contribution in [-0.4, -0.2) is 18.6 Å². The Hall–Kier alpha value is -1.75. The highest BCUT2D eigenvalue weighted by Gasteiger charge is 2.23. The second-order valence-electron chi connectivity index (χ2n) is 3.60. The third-order valence-electron chi connectivity index (χ3n) is 2.31. The largest absolute Gasteiger partial charge is 0.447 e. The summed E-state index contributed by atoms with van der Waals surface area (Å²) in [7, 11) is 0. The molecular formula is C11H13ClN2O3. The van der Waals surface area contributed by atoms with Gasteiger partial charge in [-0.2, -0.15) is 0 Å². The van der Waals surface area contributed by atoms with Crippen LogP contribution in [-0.2, 0) is 9.53 Å². The van der Waals surface area contributed by atoms with Gasteiger partial charge in [0.15, 0.2) is 0 Å². The molecule has 1 fully saturated rings. The predicted molar refractivity (Wildman–Crippen MR) is 65.2 cm³/mol. The minimum Gasteiger partial charge on any atom is -0.447 e. The number of halogens is 1. The number of ether oxygens (including phenoxy) is 1. The average Bonchev–Trinajstić information content (AvgIpc) is 2.65. The van der Waals surface area contributed by atoms with Gasteiger partial charge in [0, 0.05) is 12.6 Å². The molecule has 0 spiro atoms. The highest BCUT2D eigenvalue weighted by Crippen LogP contribution is 2.19. The van der Waals surface area contributed by atoms with E-state index in [9.17, 15) is 9.59 Å². The summed E-state index contributed by atoms with van der Waals surface area (Å²) in [4.78, 5) is 21.7. The van der Waals surface area contributed by atoms with Crippen LogP contribution in [0.4, 0.5) is 10.5 Å². The summed E-state index contributed by atoms with van der Waals surface area (Å²) < 4.78 is 4.79. The molecule has 1 aliphatic rings. The molecule has 6 heteroatoms. The van der Waals surface area contributed by atoms with Crippen LogP contribution in [0, 0.1) is 0 Å². The summed E-state index contributed by atoms with van der Waals surface area (Å²) in [6, 6.07) is 7.19. The fourth-order valence-corrected chi connectivity index (χ4v) is 1.57. The van der Waals surface area contributed by atoms with Crippen LogP contribution < -0.4 is 10.6 Å². The Balaban J connectivity index is 0.00000144. The van der Waals surface area contributed by atoms with Gasteiger partial charge in [-0.15, -0.1) is 12.4 Å². The number of cyclic esters (lactones) is 1. The van der Waals surface area contributed by atoms with Crippen LogP contribution in [0.2, 0.25) is 0 Å². The van der Waals surface area contributed by atoms with E-state index in [1.54, 1.807) is 12.1 Å². The summed E-state index contributed by atoms with van der Waals surface area (Å²) in [5.74, 6) is -0.106. The van der Waals surface area contributed by atoms with Gasteiger partial charge >= 0.3 is 6.09 Å². The summed E-state index contributed by atoms with van der Waals surface area (Å²) in [6.45, 7) is 1.80. The molecule has 92 valence electrons. The van der Waals surface area contributed by atoms with Gasteiger partial charge in [-0.05, 0) is 17.7 Å². The zero-order valence-corrected chi connectivity index (χ0v) is 10.0. The Bertz CT molecular complexity index is 419. The molecule has 0 aliphatic carbocycles. The van der Waals surface area contributed by atoms with Gasteiger partial charge < -0.3 is 15.4 Å². The topological polar surface area (TPSA) is 67.4 Å². The fraction of sp³-hybridized carbons (Fsp3) is 0.273. The van der Waals surface area contributed by atoms with Crippen molar-refractivity contribution in [3.8, 4) is 0 Å². The van der Waals surface area contributed by atoms with Crippen LogP contribution in [0.3, 0.4) is 0 Å². The van der Waals surface area contributed by atoms with Gasteiger partial charge in [-0.3, -0.25) is 4.79 Å². The lowest BCUT2D eigenvalue weighted by Crippen LogP contribution is -2.18. The molecule has 1 aliphatic heterocycles.